The molecule has 0 unspecified atom stereocenters. The van der Waals surface area contributed by atoms with Gasteiger partial charge in [-0.2, -0.15) is 0 Å². The number of aromatic nitrogens is 2. The first-order valence-electron chi connectivity index (χ1n) is 20.4. The summed E-state index contributed by atoms with van der Waals surface area (Å²) >= 11 is -2.14. The van der Waals surface area contributed by atoms with Crippen molar-refractivity contribution < 1.29 is 9.30 Å². The van der Waals surface area contributed by atoms with Gasteiger partial charge < -0.3 is 4.57 Å². The van der Waals surface area contributed by atoms with Crippen LogP contribution in [-0.4, -0.2) is 22.8 Å². The van der Waals surface area contributed by atoms with Crippen molar-refractivity contribution in [3.05, 3.63) is 169 Å². The van der Waals surface area contributed by atoms with Gasteiger partial charge in [-0.05, 0) is 12.1 Å². The van der Waals surface area contributed by atoms with E-state index in [1.807, 2.05) is 91.1 Å². The van der Waals surface area contributed by atoms with Crippen molar-refractivity contribution in [3.8, 4) is 28.4 Å². The van der Waals surface area contributed by atoms with Crippen LogP contribution in [0.3, 0.4) is 0 Å². The summed E-state index contributed by atoms with van der Waals surface area (Å²) in [6.07, 6.45) is 3.20. The third kappa shape index (κ3) is 6.75. The third-order valence-electron chi connectivity index (χ3n) is 12.4. The average molecular weight is 840 g/mol. The van der Waals surface area contributed by atoms with Crippen molar-refractivity contribution >= 4 is 62.5 Å². The number of fused-ring (bicyclic) bond motifs is 4. The third-order valence-corrected chi connectivity index (χ3v) is 22.6. The van der Waals surface area contributed by atoms with Crippen LogP contribution in [0.5, 0.6) is 11.5 Å². The van der Waals surface area contributed by atoms with Crippen LogP contribution in [-0.2, 0) is 15.4 Å². The van der Waals surface area contributed by atoms with Crippen LogP contribution in [0.15, 0.2) is 158 Å². The number of rotatable bonds is 7. The van der Waals surface area contributed by atoms with Crippen LogP contribution in [0.2, 0.25) is 16.8 Å². The van der Waals surface area contributed by atoms with Crippen molar-refractivity contribution in [1.82, 2.24) is 9.55 Å². The van der Waals surface area contributed by atoms with E-state index in [0.717, 1.165) is 38.2 Å². The summed E-state index contributed by atoms with van der Waals surface area (Å²) in [7, 11) is -3.17. The van der Waals surface area contributed by atoms with Crippen molar-refractivity contribution in [1.29, 1.82) is 0 Å². The first-order chi connectivity index (χ1) is 27.7. The Hall–Kier alpha value is -5.16. The summed E-state index contributed by atoms with van der Waals surface area (Å²) in [6.45, 7) is 11.5. The normalized spacial score (nSPS) is 15.0. The van der Waals surface area contributed by atoms with Gasteiger partial charge in [0.05, 0.1) is 0 Å². The van der Waals surface area contributed by atoms with Gasteiger partial charge in [0.1, 0.15) is 0 Å². The van der Waals surface area contributed by atoms with E-state index in [-0.39, 0.29) is 10.8 Å². The second-order valence-corrected chi connectivity index (χ2v) is 31.2. The maximum absolute atomic E-state index is 15.2. The van der Waals surface area contributed by atoms with E-state index in [2.05, 4.69) is 117 Å². The molecule has 58 heavy (non-hydrogen) atoms. The van der Waals surface area contributed by atoms with Gasteiger partial charge in [0.2, 0.25) is 0 Å². The quantitative estimate of drug-likeness (QED) is 0.119. The molecule has 3 heterocycles. The van der Waals surface area contributed by atoms with E-state index >= 15 is 4.57 Å². The number of hydrogen-bond donors (Lipinski definition) is 0. The summed E-state index contributed by atoms with van der Waals surface area (Å²) in [6, 6.07) is 52.2. The Morgan fingerprint density at radius 3 is 2.02 bits per heavy atom. The molecule has 0 N–H and O–H groups in total. The molecule has 0 radical (unpaired) electrons. The Labute approximate surface area is 345 Å². The standard InChI is InChI=1S/C52H51GeN2O2P/c1-51(2,3)38-27-30-54-50(33-38)55-48-26-22-36(37-21-25-46-47(32-37)53(6,7)29-28-52(46,4)5)31-45(48)44-24-23-40(35-49(44)55)57-39-15-14-20-43(34-39)58(56,41-16-10-8-11-17-41)42-18-12-9-13-19-42/h8-27,30-35H,28-29H2,1-7H3. The van der Waals surface area contributed by atoms with Crippen molar-refractivity contribution in [3.63, 3.8) is 0 Å². The van der Waals surface area contributed by atoms with Crippen molar-refractivity contribution in [2.75, 3.05) is 0 Å². The fourth-order valence-corrected chi connectivity index (χ4v) is 18.3. The van der Waals surface area contributed by atoms with Gasteiger partial charge >= 0.3 is 214 Å². The van der Waals surface area contributed by atoms with Gasteiger partial charge in [-0.25, -0.2) is 0 Å². The average Bonchev–Trinajstić information content (AvgIpc) is 3.55. The molecule has 6 aromatic carbocycles. The molecule has 8 aromatic rings. The summed E-state index contributed by atoms with van der Waals surface area (Å²) in [5.74, 6) is 7.35. The number of benzene rings is 6. The molecular weight excluding hydrogens is 788 g/mol. The van der Waals surface area contributed by atoms with Crippen molar-refractivity contribution in [2.24, 2.45) is 0 Å². The Morgan fingerprint density at radius 1 is 0.655 bits per heavy atom. The van der Waals surface area contributed by atoms with Crippen LogP contribution in [0.1, 0.15) is 52.2 Å². The van der Waals surface area contributed by atoms with E-state index in [9.17, 15) is 0 Å². The monoisotopic (exact) mass is 840 g/mol. The molecular formula is C52H51GeN2O2P. The predicted octanol–water partition coefficient (Wildman–Crippen LogP) is 12.2. The van der Waals surface area contributed by atoms with Crippen LogP contribution in [0.25, 0.3) is 38.8 Å². The number of ether oxygens (including phenoxy) is 1. The van der Waals surface area contributed by atoms with E-state index in [1.54, 1.807) is 9.96 Å². The minimum absolute atomic E-state index is 0.0406. The molecule has 290 valence electrons. The second kappa shape index (κ2) is 14.3. The molecule has 1 aliphatic rings. The zero-order chi connectivity index (χ0) is 40.5. The van der Waals surface area contributed by atoms with Crippen LogP contribution in [0, 0.1) is 0 Å². The topological polar surface area (TPSA) is 44.1 Å². The van der Waals surface area contributed by atoms with Crippen molar-refractivity contribution in [2.45, 2.75) is 68.6 Å². The molecule has 0 bridgehead atoms. The maximum atomic E-state index is 15.2. The summed E-state index contributed by atoms with van der Waals surface area (Å²) in [4.78, 5) is 4.96. The molecule has 0 saturated carbocycles. The Balaban J connectivity index is 1.17. The SMILES string of the molecule is CC(C)(C)c1ccnc(-n2c3ccc(-c4ccc5[c](c4)[Ge]([CH3])([CH3])[CH2]CC5(C)C)cc3c3ccc(Oc4cccc(P(=O)(c5ccccc5)c5ccccc5)c4)cc32)c1. The van der Waals surface area contributed by atoms with Crippen LogP contribution in [0.4, 0.5) is 0 Å². The fourth-order valence-electron chi connectivity index (χ4n) is 8.87. The van der Waals surface area contributed by atoms with E-state index in [1.165, 1.54) is 33.8 Å². The van der Waals surface area contributed by atoms with Gasteiger partial charge in [0.15, 0.2) is 7.14 Å². The Kier molecular flexibility index (Phi) is 9.45. The van der Waals surface area contributed by atoms with E-state index < -0.39 is 20.4 Å². The number of nitrogens with zero attached hydrogens (tertiary/aromatic N) is 2. The van der Waals surface area contributed by atoms with Crippen LogP contribution >= 0.6 is 7.14 Å². The van der Waals surface area contributed by atoms with Gasteiger partial charge in [0.25, 0.3) is 0 Å². The molecule has 2 aromatic heterocycles. The summed E-state index contributed by atoms with van der Waals surface area (Å²) in [5, 5.41) is 5.99. The van der Waals surface area contributed by atoms with Gasteiger partial charge in [0, 0.05) is 15.9 Å². The molecule has 6 heteroatoms. The molecule has 0 amide bonds. The number of hydrogen-bond acceptors (Lipinski definition) is 3. The first kappa shape index (κ1) is 38.4. The molecule has 4 nitrogen and oxygen atoms in total. The first-order valence-corrected chi connectivity index (χ1v) is 28.9. The number of pyridine rings is 1. The van der Waals surface area contributed by atoms with Gasteiger partial charge in [-0.3, -0.25) is 0 Å². The zero-order valence-corrected chi connectivity index (χ0v) is 37.6. The van der Waals surface area contributed by atoms with Gasteiger partial charge in [-0.1, -0.05) is 93.6 Å². The van der Waals surface area contributed by atoms with Gasteiger partial charge in [-0.15, -0.1) is 0 Å². The fraction of sp³-hybridized carbons (Fsp3) is 0.212. The molecule has 0 atom stereocenters. The molecule has 0 fully saturated rings. The second-order valence-electron chi connectivity index (χ2n) is 18.3. The minimum atomic E-state index is -3.17. The van der Waals surface area contributed by atoms with E-state index in [4.69, 9.17) is 9.72 Å². The Bertz CT molecular complexity index is 2840. The van der Waals surface area contributed by atoms with Crippen LogP contribution < -0.4 is 25.0 Å². The summed E-state index contributed by atoms with van der Waals surface area (Å²) < 4.78 is 25.8. The molecule has 0 spiro atoms. The molecule has 0 aliphatic carbocycles. The molecule has 1 aliphatic heterocycles. The summed E-state index contributed by atoms with van der Waals surface area (Å²) in [5.41, 5.74) is 7.57. The molecule has 0 saturated heterocycles. The zero-order valence-electron chi connectivity index (χ0n) is 34.6. The predicted molar refractivity (Wildman–Crippen MR) is 248 cm³/mol. The van der Waals surface area contributed by atoms with E-state index in [0.29, 0.717) is 11.5 Å². The Morgan fingerprint density at radius 2 is 1.31 bits per heavy atom. The molecule has 9 rings (SSSR count).